The van der Waals surface area contributed by atoms with Crippen molar-refractivity contribution in [1.82, 2.24) is 24.5 Å². The number of hydrogen-bond acceptors (Lipinski definition) is 4. The second-order valence-corrected chi connectivity index (χ2v) is 6.86. The van der Waals surface area contributed by atoms with Crippen LogP contribution in [0, 0.1) is 5.82 Å². The van der Waals surface area contributed by atoms with Gasteiger partial charge in [0, 0.05) is 17.0 Å². The third kappa shape index (κ3) is 3.63. The summed E-state index contributed by atoms with van der Waals surface area (Å²) in [6.45, 7) is 0. The first-order valence-electron chi connectivity index (χ1n) is 7.78. The molecule has 0 saturated heterocycles. The van der Waals surface area contributed by atoms with Crippen LogP contribution >= 0.6 is 23.4 Å². The van der Waals surface area contributed by atoms with E-state index in [2.05, 4.69) is 15.3 Å². The summed E-state index contributed by atoms with van der Waals surface area (Å²) in [5, 5.41) is 14.0. The van der Waals surface area contributed by atoms with Gasteiger partial charge in [-0.15, -0.1) is 10.2 Å². The lowest BCUT2D eigenvalue weighted by molar-refractivity contribution is 0.625. The first-order valence-corrected chi connectivity index (χ1v) is 9.15. The molecular weight excluding hydrogens is 373 g/mol. The zero-order valence-electron chi connectivity index (χ0n) is 13.5. The van der Waals surface area contributed by atoms with Crippen LogP contribution in [0.1, 0.15) is 5.69 Å². The molecule has 130 valence electrons. The van der Waals surface area contributed by atoms with E-state index in [1.165, 1.54) is 23.9 Å². The Morgan fingerprint density at radius 1 is 1.04 bits per heavy atom. The zero-order valence-corrected chi connectivity index (χ0v) is 15.0. The van der Waals surface area contributed by atoms with E-state index >= 15 is 0 Å². The van der Waals surface area contributed by atoms with E-state index in [-0.39, 0.29) is 5.82 Å². The Labute approximate surface area is 158 Å². The van der Waals surface area contributed by atoms with Crippen LogP contribution in [0.4, 0.5) is 4.39 Å². The second kappa shape index (κ2) is 7.31. The van der Waals surface area contributed by atoms with Gasteiger partial charge in [0.2, 0.25) is 0 Å². The fourth-order valence-corrected chi connectivity index (χ4v) is 3.48. The highest BCUT2D eigenvalue weighted by Crippen LogP contribution is 2.24. The highest BCUT2D eigenvalue weighted by atomic mass is 35.5. The molecule has 4 rings (SSSR count). The Kier molecular flexibility index (Phi) is 4.73. The average molecular weight is 386 g/mol. The second-order valence-electron chi connectivity index (χ2n) is 5.48. The van der Waals surface area contributed by atoms with E-state index in [4.69, 9.17) is 11.6 Å². The van der Waals surface area contributed by atoms with Crippen LogP contribution in [0.25, 0.3) is 11.4 Å². The summed E-state index contributed by atoms with van der Waals surface area (Å²) in [4.78, 5) is 0. The minimum Gasteiger partial charge on any atom is -0.277 e. The van der Waals surface area contributed by atoms with Gasteiger partial charge < -0.3 is 0 Å². The van der Waals surface area contributed by atoms with Gasteiger partial charge in [0.15, 0.2) is 5.16 Å². The van der Waals surface area contributed by atoms with Gasteiger partial charge in [-0.2, -0.15) is 5.10 Å². The van der Waals surface area contributed by atoms with E-state index < -0.39 is 0 Å². The molecule has 4 aromatic rings. The van der Waals surface area contributed by atoms with Crippen LogP contribution in [0.15, 0.2) is 72.3 Å². The Morgan fingerprint density at radius 3 is 2.73 bits per heavy atom. The predicted molar refractivity (Wildman–Crippen MR) is 99.5 cm³/mol. The molecule has 0 aliphatic rings. The van der Waals surface area contributed by atoms with Crippen molar-refractivity contribution in [2.75, 3.05) is 0 Å². The molecule has 0 spiro atoms. The van der Waals surface area contributed by atoms with E-state index in [1.807, 2.05) is 47.2 Å². The van der Waals surface area contributed by atoms with Gasteiger partial charge in [-0.05, 0) is 42.5 Å². The van der Waals surface area contributed by atoms with Gasteiger partial charge in [-0.1, -0.05) is 35.5 Å². The summed E-state index contributed by atoms with van der Waals surface area (Å²) in [6, 6.07) is 15.7. The van der Waals surface area contributed by atoms with Gasteiger partial charge in [0.1, 0.15) is 12.1 Å². The zero-order chi connectivity index (χ0) is 17.9. The van der Waals surface area contributed by atoms with E-state index in [0.717, 1.165) is 16.5 Å². The van der Waals surface area contributed by atoms with Crippen LogP contribution in [0.3, 0.4) is 0 Å². The van der Waals surface area contributed by atoms with Gasteiger partial charge in [-0.3, -0.25) is 4.57 Å². The molecule has 5 nitrogen and oxygen atoms in total. The normalized spacial score (nSPS) is 11.0. The largest absolute Gasteiger partial charge is 0.277 e. The molecule has 8 heteroatoms. The lowest BCUT2D eigenvalue weighted by Gasteiger charge is -2.06. The smallest absolute Gasteiger partial charge is 0.195 e. The third-order valence-electron chi connectivity index (χ3n) is 3.67. The number of aromatic nitrogens is 5. The predicted octanol–water partition coefficient (Wildman–Crippen LogP) is 4.54. The van der Waals surface area contributed by atoms with Crippen molar-refractivity contribution in [3.63, 3.8) is 0 Å². The van der Waals surface area contributed by atoms with Crippen molar-refractivity contribution in [3.05, 3.63) is 83.7 Å². The molecule has 2 aromatic carbocycles. The number of thioether (sulfide) groups is 1. The molecular formula is C18H13ClFN5S. The van der Waals surface area contributed by atoms with Gasteiger partial charge in [0.25, 0.3) is 0 Å². The molecule has 0 atom stereocenters. The standard InChI is InChI=1S/C18H13ClFN5S/c19-13-3-1-5-16(9-13)24-12-21-22-18(24)26-11-15-7-8-25(23-15)17-6-2-4-14(20)10-17/h1-10,12H,11H2. The molecule has 26 heavy (non-hydrogen) atoms. The van der Waals surface area contributed by atoms with Gasteiger partial charge in [0.05, 0.1) is 17.1 Å². The molecule has 0 amide bonds. The highest BCUT2D eigenvalue weighted by molar-refractivity contribution is 7.98. The lowest BCUT2D eigenvalue weighted by Crippen LogP contribution is -1.97. The van der Waals surface area contributed by atoms with Crippen molar-refractivity contribution in [2.24, 2.45) is 0 Å². The summed E-state index contributed by atoms with van der Waals surface area (Å²) >= 11 is 7.57. The van der Waals surface area contributed by atoms with Crippen molar-refractivity contribution in [2.45, 2.75) is 10.9 Å². The fraction of sp³-hybridized carbons (Fsp3) is 0.0556. The summed E-state index contributed by atoms with van der Waals surface area (Å²) in [5.41, 5.74) is 2.44. The van der Waals surface area contributed by atoms with Crippen LogP contribution < -0.4 is 0 Å². The van der Waals surface area contributed by atoms with Crippen LogP contribution in [-0.4, -0.2) is 24.5 Å². The number of benzene rings is 2. The summed E-state index contributed by atoms with van der Waals surface area (Å²) in [6.07, 6.45) is 3.46. The molecule has 0 fully saturated rings. The Balaban J connectivity index is 1.50. The van der Waals surface area contributed by atoms with Crippen molar-refractivity contribution < 1.29 is 4.39 Å². The third-order valence-corrected chi connectivity index (χ3v) is 4.88. The maximum atomic E-state index is 13.4. The monoisotopic (exact) mass is 385 g/mol. The SMILES string of the molecule is Fc1cccc(-n2ccc(CSc3nncn3-c3cccc(Cl)c3)n2)c1. The Bertz CT molecular complexity index is 1050. The average Bonchev–Trinajstić information content (AvgIpc) is 3.29. The number of halogens is 2. The van der Waals surface area contributed by atoms with Crippen molar-refractivity contribution >= 4 is 23.4 Å². The first-order chi connectivity index (χ1) is 12.7. The quantitative estimate of drug-likeness (QED) is 0.473. The first kappa shape index (κ1) is 16.8. The van der Waals surface area contributed by atoms with E-state index in [0.29, 0.717) is 16.5 Å². The van der Waals surface area contributed by atoms with Gasteiger partial charge in [-0.25, -0.2) is 9.07 Å². The molecule has 0 saturated carbocycles. The van der Waals surface area contributed by atoms with Crippen LogP contribution in [-0.2, 0) is 5.75 Å². The number of rotatable bonds is 5. The molecule has 2 aromatic heterocycles. The fourth-order valence-electron chi connectivity index (χ4n) is 2.47. The minimum atomic E-state index is -0.288. The summed E-state index contributed by atoms with van der Waals surface area (Å²) < 4.78 is 16.9. The minimum absolute atomic E-state index is 0.288. The number of nitrogens with zero attached hydrogens (tertiary/aromatic N) is 5. The highest BCUT2D eigenvalue weighted by Gasteiger charge is 2.09. The maximum absolute atomic E-state index is 13.4. The Morgan fingerprint density at radius 2 is 1.88 bits per heavy atom. The van der Waals surface area contributed by atoms with E-state index in [1.54, 1.807) is 17.1 Å². The van der Waals surface area contributed by atoms with Gasteiger partial charge >= 0.3 is 0 Å². The molecule has 0 aliphatic heterocycles. The lowest BCUT2D eigenvalue weighted by atomic mass is 10.3. The summed E-state index contributed by atoms with van der Waals surface area (Å²) in [7, 11) is 0. The molecule has 0 unspecified atom stereocenters. The molecule has 0 bridgehead atoms. The molecule has 0 aliphatic carbocycles. The topological polar surface area (TPSA) is 48.5 Å². The van der Waals surface area contributed by atoms with Crippen molar-refractivity contribution in [1.29, 1.82) is 0 Å². The molecule has 0 radical (unpaired) electrons. The maximum Gasteiger partial charge on any atom is 0.195 e. The van der Waals surface area contributed by atoms with Crippen LogP contribution in [0.5, 0.6) is 0 Å². The molecule has 2 heterocycles. The summed E-state index contributed by atoms with van der Waals surface area (Å²) in [5.74, 6) is 0.324. The van der Waals surface area contributed by atoms with E-state index in [9.17, 15) is 4.39 Å². The van der Waals surface area contributed by atoms with Crippen LogP contribution in [0.2, 0.25) is 5.02 Å². The Hall–Kier alpha value is -2.64. The number of hydrogen-bond donors (Lipinski definition) is 0. The van der Waals surface area contributed by atoms with Crippen molar-refractivity contribution in [3.8, 4) is 11.4 Å². The molecule has 0 N–H and O–H groups in total.